The largest absolute Gasteiger partial charge is 0.326 e. The summed E-state index contributed by atoms with van der Waals surface area (Å²) in [6, 6.07) is 7.67. The van der Waals surface area contributed by atoms with E-state index < -0.39 is 0 Å². The first-order chi connectivity index (χ1) is 9.65. The Morgan fingerprint density at radius 1 is 1.20 bits per heavy atom. The van der Waals surface area contributed by atoms with Crippen molar-refractivity contribution in [3.63, 3.8) is 0 Å². The van der Waals surface area contributed by atoms with Crippen molar-refractivity contribution in [3.05, 3.63) is 29.8 Å². The highest BCUT2D eigenvalue weighted by Crippen LogP contribution is 2.09. The maximum atomic E-state index is 11.8. The topological polar surface area (TPSA) is 58.4 Å². The fourth-order valence-electron chi connectivity index (χ4n) is 2.00. The molecule has 0 saturated carbocycles. The molecule has 20 heavy (non-hydrogen) atoms. The number of carbonyl (C=O) groups is 1. The Balaban J connectivity index is 2.22. The number of nitrogens with zero attached hydrogens (tertiary/aromatic N) is 1. The number of unbranched alkanes of at least 4 members (excludes halogenated alkanes) is 1. The highest BCUT2D eigenvalue weighted by molar-refractivity contribution is 5.90. The number of nitrogens with one attached hydrogen (secondary N) is 1. The van der Waals surface area contributed by atoms with E-state index in [1.807, 2.05) is 24.3 Å². The number of amides is 1. The molecule has 1 aromatic rings. The lowest BCUT2D eigenvalue weighted by molar-refractivity contribution is -0.116. The van der Waals surface area contributed by atoms with E-state index in [-0.39, 0.29) is 5.91 Å². The summed E-state index contributed by atoms with van der Waals surface area (Å²) in [5.74, 6) is 0.0781. The van der Waals surface area contributed by atoms with E-state index in [0.717, 1.165) is 30.8 Å². The SMILES string of the molecule is CCCCN(C)CCCC(=O)Nc1ccc(CN)cc1. The molecule has 0 aliphatic rings. The van der Waals surface area contributed by atoms with Crippen LogP contribution in [-0.2, 0) is 11.3 Å². The summed E-state index contributed by atoms with van der Waals surface area (Å²) in [6.45, 7) is 4.80. The van der Waals surface area contributed by atoms with Gasteiger partial charge in [0.2, 0.25) is 5.91 Å². The Bertz CT molecular complexity index is 389. The predicted octanol–water partition coefficient (Wildman–Crippen LogP) is 2.60. The third-order valence-electron chi connectivity index (χ3n) is 3.31. The van der Waals surface area contributed by atoms with Crippen molar-refractivity contribution in [2.24, 2.45) is 5.73 Å². The summed E-state index contributed by atoms with van der Waals surface area (Å²) in [7, 11) is 2.11. The van der Waals surface area contributed by atoms with Crippen molar-refractivity contribution in [2.45, 2.75) is 39.2 Å². The molecule has 0 heterocycles. The van der Waals surface area contributed by atoms with Gasteiger partial charge in [-0.25, -0.2) is 0 Å². The highest BCUT2D eigenvalue weighted by atomic mass is 16.1. The molecule has 1 aromatic carbocycles. The van der Waals surface area contributed by atoms with Crippen molar-refractivity contribution < 1.29 is 4.79 Å². The summed E-state index contributed by atoms with van der Waals surface area (Å²) >= 11 is 0. The van der Waals surface area contributed by atoms with Crippen LogP contribution >= 0.6 is 0 Å². The van der Waals surface area contributed by atoms with E-state index in [0.29, 0.717) is 13.0 Å². The molecule has 0 aliphatic carbocycles. The molecule has 4 heteroatoms. The van der Waals surface area contributed by atoms with E-state index in [1.165, 1.54) is 12.8 Å². The van der Waals surface area contributed by atoms with Crippen LogP contribution in [-0.4, -0.2) is 30.9 Å². The first-order valence-electron chi connectivity index (χ1n) is 7.43. The molecule has 0 radical (unpaired) electrons. The van der Waals surface area contributed by atoms with E-state index in [4.69, 9.17) is 5.73 Å². The summed E-state index contributed by atoms with van der Waals surface area (Å²) in [4.78, 5) is 14.1. The number of nitrogens with two attached hydrogens (primary N) is 1. The lowest BCUT2D eigenvalue weighted by Crippen LogP contribution is -2.22. The Morgan fingerprint density at radius 2 is 1.85 bits per heavy atom. The minimum Gasteiger partial charge on any atom is -0.326 e. The van der Waals surface area contributed by atoms with Crippen molar-refractivity contribution >= 4 is 11.6 Å². The summed E-state index contributed by atoms with van der Waals surface area (Å²) in [6.07, 6.45) is 3.89. The van der Waals surface area contributed by atoms with Crippen molar-refractivity contribution in [3.8, 4) is 0 Å². The molecule has 1 rings (SSSR count). The monoisotopic (exact) mass is 277 g/mol. The molecular formula is C16H27N3O. The normalized spacial score (nSPS) is 10.8. The fraction of sp³-hybridized carbons (Fsp3) is 0.562. The number of rotatable bonds is 9. The van der Waals surface area contributed by atoms with Crippen LogP contribution in [0.4, 0.5) is 5.69 Å². The van der Waals surface area contributed by atoms with E-state index in [1.54, 1.807) is 0 Å². The molecule has 0 spiro atoms. The molecule has 0 unspecified atom stereocenters. The zero-order chi connectivity index (χ0) is 14.8. The molecule has 0 aromatic heterocycles. The van der Waals surface area contributed by atoms with Gasteiger partial charge in [-0.1, -0.05) is 25.5 Å². The maximum absolute atomic E-state index is 11.8. The molecular weight excluding hydrogens is 250 g/mol. The molecule has 1 amide bonds. The van der Waals surface area contributed by atoms with E-state index >= 15 is 0 Å². The van der Waals surface area contributed by atoms with Gasteiger partial charge in [-0.3, -0.25) is 4.79 Å². The van der Waals surface area contributed by atoms with Gasteiger partial charge in [0.15, 0.2) is 0 Å². The van der Waals surface area contributed by atoms with Gasteiger partial charge in [0.05, 0.1) is 0 Å². The standard InChI is InChI=1S/C16H27N3O/c1-3-4-11-19(2)12-5-6-16(20)18-15-9-7-14(13-17)8-10-15/h7-10H,3-6,11-13,17H2,1-2H3,(H,18,20). The molecule has 4 nitrogen and oxygen atoms in total. The molecule has 112 valence electrons. The quantitative estimate of drug-likeness (QED) is 0.729. The Morgan fingerprint density at radius 3 is 2.45 bits per heavy atom. The van der Waals surface area contributed by atoms with Crippen LogP contribution in [0.3, 0.4) is 0 Å². The average Bonchev–Trinajstić information content (AvgIpc) is 2.46. The van der Waals surface area contributed by atoms with Gasteiger partial charge in [0.25, 0.3) is 0 Å². The molecule has 0 fully saturated rings. The lowest BCUT2D eigenvalue weighted by Gasteiger charge is -2.15. The summed E-state index contributed by atoms with van der Waals surface area (Å²) < 4.78 is 0. The molecule has 0 saturated heterocycles. The van der Waals surface area contributed by atoms with Crippen LogP contribution in [0.5, 0.6) is 0 Å². The number of hydrogen-bond donors (Lipinski definition) is 2. The van der Waals surface area contributed by atoms with Crippen LogP contribution < -0.4 is 11.1 Å². The number of anilines is 1. The third-order valence-corrected chi connectivity index (χ3v) is 3.31. The first-order valence-corrected chi connectivity index (χ1v) is 7.43. The van der Waals surface area contributed by atoms with Crippen LogP contribution in [0.25, 0.3) is 0 Å². The lowest BCUT2D eigenvalue weighted by atomic mass is 10.2. The van der Waals surface area contributed by atoms with Gasteiger partial charge < -0.3 is 16.0 Å². The fourth-order valence-corrected chi connectivity index (χ4v) is 2.00. The van der Waals surface area contributed by atoms with Gasteiger partial charge in [0, 0.05) is 18.7 Å². The number of benzene rings is 1. The minimum atomic E-state index is 0.0781. The van der Waals surface area contributed by atoms with Crippen LogP contribution in [0, 0.1) is 0 Å². The highest BCUT2D eigenvalue weighted by Gasteiger charge is 2.04. The first kappa shape index (κ1) is 16.7. The molecule has 0 atom stereocenters. The van der Waals surface area contributed by atoms with E-state index in [2.05, 4.69) is 24.2 Å². The zero-order valence-corrected chi connectivity index (χ0v) is 12.7. The second-order valence-electron chi connectivity index (χ2n) is 5.21. The number of hydrogen-bond acceptors (Lipinski definition) is 3. The maximum Gasteiger partial charge on any atom is 0.224 e. The predicted molar refractivity (Wildman–Crippen MR) is 84.6 cm³/mol. The van der Waals surface area contributed by atoms with E-state index in [9.17, 15) is 4.79 Å². The van der Waals surface area contributed by atoms with Crippen LogP contribution in [0.1, 0.15) is 38.2 Å². The zero-order valence-electron chi connectivity index (χ0n) is 12.7. The third kappa shape index (κ3) is 6.68. The molecule has 0 bridgehead atoms. The van der Waals surface area contributed by atoms with Gasteiger partial charge >= 0.3 is 0 Å². The summed E-state index contributed by atoms with van der Waals surface area (Å²) in [5.41, 5.74) is 7.45. The second-order valence-corrected chi connectivity index (χ2v) is 5.21. The second kappa shape index (κ2) is 9.50. The molecule has 0 aliphatic heterocycles. The van der Waals surface area contributed by atoms with Crippen molar-refractivity contribution in [1.29, 1.82) is 0 Å². The van der Waals surface area contributed by atoms with Crippen LogP contribution in [0.15, 0.2) is 24.3 Å². The van der Waals surface area contributed by atoms with Crippen molar-refractivity contribution in [2.75, 3.05) is 25.5 Å². The number of carbonyl (C=O) groups excluding carboxylic acids is 1. The summed E-state index contributed by atoms with van der Waals surface area (Å²) in [5, 5.41) is 2.91. The Kier molecular flexibility index (Phi) is 7.92. The Labute approximate surface area is 122 Å². The average molecular weight is 277 g/mol. The van der Waals surface area contributed by atoms with Gasteiger partial charge in [0.1, 0.15) is 0 Å². The smallest absolute Gasteiger partial charge is 0.224 e. The van der Waals surface area contributed by atoms with Gasteiger partial charge in [-0.05, 0) is 50.7 Å². The van der Waals surface area contributed by atoms with Gasteiger partial charge in [-0.15, -0.1) is 0 Å². The van der Waals surface area contributed by atoms with Crippen molar-refractivity contribution in [1.82, 2.24) is 4.90 Å². The Hall–Kier alpha value is -1.39. The molecule has 3 N–H and O–H groups in total. The van der Waals surface area contributed by atoms with Gasteiger partial charge in [-0.2, -0.15) is 0 Å². The minimum absolute atomic E-state index is 0.0781. The van der Waals surface area contributed by atoms with Crippen LogP contribution in [0.2, 0.25) is 0 Å².